The number of aromatic nitrogens is 1. The molecule has 5 heteroatoms. The van der Waals surface area contributed by atoms with Crippen LogP contribution in [0.5, 0.6) is 0 Å². The lowest BCUT2D eigenvalue weighted by Gasteiger charge is -2.25. The van der Waals surface area contributed by atoms with Gasteiger partial charge in [0.1, 0.15) is 5.69 Å². The van der Waals surface area contributed by atoms with Crippen molar-refractivity contribution < 1.29 is 4.79 Å². The fourth-order valence-electron chi connectivity index (χ4n) is 3.51. The molecule has 0 spiro atoms. The van der Waals surface area contributed by atoms with Gasteiger partial charge in [-0.1, -0.05) is 29.8 Å². The third kappa shape index (κ3) is 2.61. The van der Waals surface area contributed by atoms with Crippen LogP contribution in [0.3, 0.4) is 0 Å². The van der Waals surface area contributed by atoms with Crippen LogP contribution in [0.4, 0.5) is 0 Å². The summed E-state index contributed by atoms with van der Waals surface area (Å²) in [6, 6.07) is 11.7. The fraction of sp³-hybridized carbons (Fsp3) is 0.316. The number of nitrogens with zero attached hydrogens (tertiary/aromatic N) is 3. The summed E-state index contributed by atoms with van der Waals surface area (Å²) in [6.45, 7) is 3.37. The Bertz CT molecular complexity index is 829. The van der Waals surface area contributed by atoms with Gasteiger partial charge >= 0.3 is 0 Å². The zero-order valence-corrected chi connectivity index (χ0v) is 14.3. The average Bonchev–Trinajstić information content (AvgIpc) is 3.22. The monoisotopic (exact) mass is 339 g/mol. The number of rotatable bonds is 2. The first-order valence-corrected chi connectivity index (χ1v) is 8.59. The first-order valence-electron chi connectivity index (χ1n) is 8.21. The molecule has 0 N–H and O–H groups in total. The summed E-state index contributed by atoms with van der Waals surface area (Å²) in [5, 5.41) is 0.713. The van der Waals surface area contributed by atoms with Crippen molar-refractivity contribution in [3.05, 3.63) is 63.9 Å². The number of pyridine rings is 1. The molecular weight excluding hydrogens is 322 g/mol. The van der Waals surface area contributed by atoms with Gasteiger partial charge in [0.25, 0.3) is 5.91 Å². The van der Waals surface area contributed by atoms with Crippen molar-refractivity contribution in [1.29, 1.82) is 0 Å². The van der Waals surface area contributed by atoms with Crippen LogP contribution < -0.4 is 0 Å². The third-order valence-corrected chi connectivity index (χ3v) is 5.05. The van der Waals surface area contributed by atoms with Crippen molar-refractivity contribution in [1.82, 2.24) is 9.88 Å². The predicted molar refractivity (Wildman–Crippen MR) is 94.6 cm³/mol. The van der Waals surface area contributed by atoms with Crippen LogP contribution in [0.15, 0.2) is 41.4 Å². The number of carbonyl (C=O) groups is 1. The van der Waals surface area contributed by atoms with Crippen molar-refractivity contribution in [2.45, 2.75) is 32.4 Å². The van der Waals surface area contributed by atoms with Gasteiger partial charge in [-0.25, -0.2) is 4.98 Å². The first-order chi connectivity index (χ1) is 11.6. The van der Waals surface area contributed by atoms with Crippen LogP contribution in [0.2, 0.25) is 5.02 Å². The van der Waals surface area contributed by atoms with Crippen molar-refractivity contribution in [3.8, 4) is 0 Å². The topological polar surface area (TPSA) is 45.6 Å². The summed E-state index contributed by atoms with van der Waals surface area (Å²) in [4.78, 5) is 23.9. The lowest BCUT2D eigenvalue weighted by molar-refractivity contribution is 0.0729. The van der Waals surface area contributed by atoms with Gasteiger partial charge in [-0.3, -0.25) is 9.79 Å². The second-order valence-electron chi connectivity index (χ2n) is 6.31. The molecule has 0 unspecified atom stereocenters. The van der Waals surface area contributed by atoms with E-state index in [1.807, 2.05) is 48.2 Å². The molecule has 0 radical (unpaired) electrons. The number of fused-ring (bicyclic) bond motifs is 1. The lowest BCUT2D eigenvalue weighted by Crippen LogP contribution is -2.31. The quantitative estimate of drug-likeness (QED) is 0.829. The second-order valence-corrected chi connectivity index (χ2v) is 6.75. The molecule has 122 valence electrons. The van der Waals surface area contributed by atoms with Crippen molar-refractivity contribution >= 4 is 23.2 Å². The molecular formula is C19H18ClN3O. The van der Waals surface area contributed by atoms with Gasteiger partial charge in [-0.05, 0) is 43.5 Å². The van der Waals surface area contributed by atoms with Crippen molar-refractivity contribution in [2.75, 3.05) is 6.54 Å². The molecule has 4 nitrogen and oxygen atoms in total. The highest BCUT2D eigenvalue weighted by molar-refractivity contribution is 6.30. The summed E-state index contributed by atoms with van der Waals surface area (Å²) in [6.07, 6.45) is 1.98. The third-order valence-electron chi connectivity index (χ3n) is 4.80. The summed E-state index contributed by atoms with van der Waals surface area (Å²) in [5.74, 6) is -0.00468. The van der Waals surface area contributed by atoms with E-state index < -0.39 is 0 Å². The van der Waals surface area contributed by atoms with Gasteiger partial charge in [0.15, 0.2) is 0 Å². The van der Waals surface area contributed by atoms with Crippen molar-refractivity contribution in [2.24, 2.45) is 4.99 Å². The van der Waals surface area contributed by atoms with E-state index in [0.29, 0.717) is 17.3 Å². The molecule has 0 bridgehead atoms. The predicted octanol–water partition coefficient (Wildman–Crippen LogP) is 4.03. The normalized spacial score (nSPS) is 19.3. The number of benzene rings is 1. The minimum Gasteiger partial charge on any atom is -0.330 e. The van der Waals surface area contributed by atoms with Crippen LogP contribution >= 0.6 is 11.6 Å². The van der Waals surface area contributed by atoms with Crippen LogP contribution in [0.1, 0.15) is 53.1 Å². The molecule has 0 saturated carbocycles. The van der Waals surface area contributed by atoms with E-state index >= 15 is 0 Å². The molecule has 24 heavy (non-hydrogen) atoms. The first kappa shape index (κ1) is 15.3. The molecule has 1 fully saturated rings. The van der Waals surface area contributed by atoms with Gasteiger partial charge in [-0.2, -0.15) is 0 Å². The van der Waals surface area contributed by atoms with E-state index in [0.717, 1.165) is 41.9 Å². The smallest absolute Gasteiger partial charge is 0.272 e. The summed E-state index contributed by atoms with van der Waals surface area (Å²) >= 11 is 5.98. The van der Waals surface area contributed by atoms with Crippen molar-refractivity contribution in [3.63, 3.8) is 0 Å². The Kier molecular flexibility index (Phi) is 3.85. The maximum absolute atomic E-state index is 13.0. The Morgan fingerprint density at radius 1 is 1.21 bits per heavy atom. The fourth-order valence-corrected chi connectivity index (χ4v) is 3.64. The maximum Gasteiger partial charge on any atom is 0.272 e. The van der Waals surface area contributed by atoms with E-state index in [2.05, 4.69) is 9.98 Å². The number of likely N-dealkylation sites (tertiary alicyclic amines) is 1. The van der Waals surface area contributed by atoms with E-state index in [1.54, 1.807) is 0 Å². The van der Waals surface area contributed by atoms with Gasteiger partial charge < -0.3 is 4.90 Å². The van der Waals surface area contributed by atoms with E-state index in [-0.39, 0.29) is 11.9 Å². The minimum absolute atomic E-state index is 0.00468. The highest BCUT2D eigenvalue weighted by Crippen LogP contribution is 2.33. The number of aliphatic imine (C=N–C) groups is 1. The van der Waals surface area contributed by atoms with Crippen LogP contribution in [-0.2, 0) is 6.54 Å². The van der Waals surface area contributed by atoms with Gasteiger partial charge in [0, 0.05) is 17.1 Å². The van der Waals surface area contributed by atoms with Gasteiger partial charge in [0.05, 0.1) is 24.0 Å². The molecule has 1 atom stereocenters. The molecule has 2 aliphatic heterocycles. The largest absolute Gasteiger partial charge is 0.330 e. The van der Waals surface area contributed by atoms with Gasteiger partial charge in [0.2, 0.25) is 0 Å². The zero-order valence-electron chi connectivity index (χ0n) is 13.5. The molecule has 0 aliphatic carbocycles. The Morgan fingerprint density at radius 2 is 2.00 bits per heavy atom. The van der Waals surface area contributed by atoms with Crippen LogP contribution in [-0.4, -0.2) is 28.0 Å². The van der Waals surface area contributed by atoms with Crippen LogP contribution in [0.25, 0.3) is 0 Å². The molecule has 1 aromatic carbocycles. The van der Waals surface area contributed by atoms with Gasteiger partial charge in [-0.15, -0.1) is 0 Å². The average molecular weight is 340 g/mol. The number of carbonyl (C=O) groups excluding carboxylic acids is 1. The molecule has 1 amide bonds. The molecule has 3 heterocycles. The summed E-state index contributed by atoms with van der Waals surface area (Å²) in [7, 11) is 0. The number of amides is 1. The summed E-state index contributed by atoms with van der Waals surface area (Å²) in [5.41, 5.74) is 4.51. The SMILES string of the molecule is CC1=NCc2ccc(C(=O)N3CCC[C@@H]3c3ccc(Cl)cc3)nc21. The highest BCUT2D eigenvalue weighted by atomic mass is 35.5. The Balaban J connectivity index is 1.63. The molecule has 2 aromatic rings. The Labute approximate surface area is 146 Å². The standard InChI is InChI=1S/C19H18ClN3O/c1-12-18-14(11-21-12)6-9-16(22-18)19(24)23-10-2-3-17(23)13-4-7-15(20)8-5-13/h4-9,17H,2-3,10-11H2,1H3/t17-/m1/s1. The molecule has 2 aliphatic rings. The Hall–Kier alpha value is -2.20. The highest BCUT2D eigenvalue weighted by Gasteiger charge is 2.31. The summed E-state index contributed by atoms with van der Waals surface area (Å²) < 4.78 is 0. The number of hydrogen-bond donors (Lipinski definition) is 0. The Morgan fingerprint density at radius 3 is 2.79 bits per heavy atom. The maximum atomic E-state index is 13.0. The van der Waals surface area contributed by atoms with E-state index in [1.165, 1.54) is 0 Å². The molecule has 4 rings (SSSR count). The zero-order chi connectivity index (χ0) is 16.7. The lowest BCUT2D eigenvalue weighted by atomic mass is 10.0. The molecule has 1 aromatic heterocycles. The van der Waals surface area contributed by atoms with Crippen LogP contribution in [0, 0.1) is 0 Å². The second kappa shape index (κ2) is 6.02. The number of halogens is 1. The van der Waals surface area contributed by atoms with E-state index in [4.69, 9.17) is 11.6 Å². The van der Waals surface area contributed by atoms with E-state index in [9.17, 15) is 4.79 Å². The number of hydrogen-bond acceptors (Lipinski definition) is 3. The molecule has 1 saturated heterocycles. The minimum atomic E-state index is -0.00468.